The summed E-state index contributed by atoms with van der Waals surface area (Å²) in [5.41, 5.74) is 0. The normalized spacial score (nSPS) is 50.8. The molecule has 0 aromatic rings. The van der Waals surface area contributed by atoms with Crippen molar-refractivity contribution in [3.8, 4) is 0 Å². The molecule has 0 spiro atoms. The molecule has 2 heterocycles. The molecule has 4 rings (SSSR count). The number of esters is 1. The van der Waals surface area contributed by atoms with Crippen molar-refractivity contribution in [2.45, 2.75) is 23.3 Å². The number of thioether (sulfide) groups is 1. The molecule has 7 atom stereocenters. The zero-order chi connectivity index (χ0) is 12.3. The molecule has 2 aliphatic carbocycles. The Kier molecular flexibility index (Phi) is 2.53. The van der Waals surface area contributed by atoms with E-state index in [-0.39, 0.29) is 25.1 Å². The van der Waals surface area contributed by atoms with Gasteiger partial charge >= 0.3 is 5.97 Å². The van der Waals surface area contributed by atoms with E-state index in [4.69, 9.17) is 9.84 Å². The third-order valence-electron chi connectivity index (χ3n) is 5.33. The van der Waals surface area contributed by atoms with Crippen LogP contribution in [-0.4, -0.2) is 34.8 Å². The number of ether oxygens (including phenoxy) is 1. The summed E-state index contributed by atoms with van der Waals surface area (Å²) in [5.74, 6) is 2.87. The number of carbonyl (C=O) groups is 1. The van der Waals surface area contributed by atoms with Gasteiger partial charge in [0.1, 0.15) is 6.61 Å². The van der Waals surface area contributed by atoms with E-state index < -0.39 is 0 Å². The number of carbonyl (C=O) groups excluding carboxylic acids is 1. The van der Waals surface area contributed by atoms with E-state index in [9.17, 15) is 4.79 Å². The summed E-state index contributed by atoms with van der Waals surface area (Å²) >= 11 is 2.10. The Balaban J connectivity index is 1.52. The molecule has 0 aromatic heterocycles. The van der Waals surface area contributed by atoms with Crippen molar-refractivity contribution < 1.29 is 14.6 Å². The molecular weight excluding hydrogens is 248 g/mol. The molecule has 4 bridgehead atoms. The molecule has 18 heavy (non-hydrogen) atoms. The van der Waals surface area contributed by atoms with Gasteiger partial charge in [0, 0.05) is 10.5 Å². The van der Waals surface area contributed by atoms with Crippen LogP contribution in [0, 0.1) is 29.6 Å². The molecule has 3 nitrogen and oxygen atoms in total. The number of rotatable bonds is 3. The monoisotopic (exact) mass is 266 g/mol. The molecule has 4 heteroatoms. The predicted octanol–water partition coefficient (Wildman–Crippen LogP) is 1.46. The second kappa shape index (κ2) is 4.01. The first-order chi connectivity index (χ1) is 8.79. The van der Waals surface area contributed by atoms with E-state index in [1.165, 1.54) is 6.42 Å². The third-order valence-corrected chi connectivity index (χ3v) is 6.90. The van der Waals surface area contributed by atoms with Crippen LogP contribution in [0.5, 0.6) is 0 Å². The minimum atomic E-state index is -0.0676. The van der Waals surface area contributed by atoms with Gasteiger partial charge in [0.15, 0.2) is 0 Å². The van der Waals surface area contributed by atoms with Crippen LogP contribution >= 0.6 is 11.8 Å². The molecule has 1 N–H and O–H groups in total. The van der Waals surface area contributed by atoms with Gasteiger partial charge in [-0.25, -0.2) is 0 Å². The van der Waals surface area contributed by atoms with E-state index in [0.29, 0.717) is 11.2 Å². The zero-order valence-corrected chi connectivity index (χ0v) is 11.0. The number of hydrogen-bond donors (Lipinski definition) is 1. The quantitative estimate of drug-likeness (QED) is 0.620. The SMILES string of the molecule is O=C(OCCO)C1CC2CC1C1C3C=CC(S3)C21. The molecule has 3 fully saturated rings. The van der Waals surface area contributed by atoms with Crippen LogP contribution in [0.4, 0.5) is 0 Å². The minimum Gasteiger partial charge on any atom is -0.463 e. The highest BCUT2D eigenvalue weighted by molar-refractivity contribution is 8.01. The van der Waals surface area contributed by atoms with Gasteiger partial charge in [-0.1, -0.05) is 12.2 Å². The predicted molar refractivity (Wildman–Crippen MR) is 69.0 cm³/mol. The molecule has 0 radical (unpaired) electrons. The maximum absolute atomic E-state index is 12.0. The second-order valence-corrected chi connectivity index (χ2v) is 7.36. The first kappa shape index (κ1) is 11.4. The molecule has 2 saturated carbocycles. The lowest BCUT2D eigenvalue weighted by Gasteiger charge is -2.34. The van der Waals surface area contributed by atoms with Crippen molar-refractivity contribution in [3.63, 3.8) is 0 Å². The Morgan fingerprint density at radius 1 is 1.28 bits per heavy atom. The molecule has 98 valence electrons. The van der Waals surface area contributed by atoms with Crippen LogP contribution in [0.15, 0.2) is 12.2 Å². The molecular formula is C14H18O3S. The molecule has 2 aliphatic heterocycles. The molecule has 1 saturated heterocycles. The smallest absolute Gasteiger partial charge is 0.309 e. The maximum Gasteiger partial charge on any atom is 0.309 e. The van der Waals surface area contributed by atoms with Crippen molar-refractivity contribution in [3.05, 3.63) is 12.2 Å². The lowest BCUT2D eigenvalue weighted by atomic mass is 9.69. The van der Waals surface area contributed by atoms with Gasteiger partial charge in [-0.2, -0.15) is 0 Å². The largest absolute Gasteiger partial charge is 0.463 e. The molecule has 0 aromatic carbocycles. The van der Waals surface area contributed by atoms with Crippen LogP contribution in [0.2, 0.25) is 0 Å². The summed E-state index contributed by atoms with van der Waals surface area (Å²) < 4.78 is 5.14. The van der Waals surface area contributed by atoms with Crippen molar-refractivity contribution in [2.24, 2.45) is 29.6 Å². The Hall–Kier alpha value is -0.480. The van der Waals surface area contributed by atoms with Crippen LogP contribution in [0.1, 0.15) is 12.8 Å². The van der Waals surface area contributed by atoms with E-state index in [2.05, 4.69) is 23.9 Å². The Morgan fingerprint density at radius 3 is 2.83 bits per heavy atom. The van der Waals surface area contributed by atoms with Crippen molar-refractivity contribution in [1.82, 2.24) is 0 Å². The standard InChI is InChI=1S/C14H18O3S/c15-3-4-17-14(16)9-6-7-5-8(9)13-11-2-1-10(18-11)12(7)13/h1-2,7-13,15H,3-6H2. The number of aliphatic hydroxyl groups is 1. The fourth-order valence-corrected chi connectivity index (χ4v) is 6.73. The van der Waals surface area contributed by atoms with E-state index in [1.807, 2.05) is 0 Å². The molecule has 7 unspecified atom stereocenters. The van der Waals surface area contributed by atoms with Gasteiger partial charge in [0.05, 0.1) is 12.5 Å². The summed E-state index contributed by atoms with van der Waals surface area (Å²) in [6.45, 7) is 0.0867. The van der Waals surface area contributed by atoms with Crippen LogP contribution < -0.4 is 0 Å². The van der Waals surface area contributed by atoms with Gasteiger partial charge in [-0.05, 0) is 36.5 Å². The lowest BCUT2D eigenvalue weighted by molar-refractivity contribution is -0.152. The van der Waals surface area contributed by atoms with Gasteiger partial charge in [-0.15, -0.1) is 11.8 Å². The first-order valence-corrected chi connectivity index (χ1v) is 7.85. The summed E-state index contributed by atoms with van der Waals surface area (Å²) in [4.78, 5) is 12.0. The highest BCUT2D eigenvalue weighted by Crippen LogP contribution is 2.66. The topological polar surface area (TPSA) is 46.5 Å². The minimum absolute atomic E-state index is 0.0632. The highest BCUT2D eigenvalue weighted by Gasteiger charge is 2.63. The average Bonchev–Trinajstić information content (AvgIpc) is 3.10. The Labute approximate surface area is 111 Å². The number of aliphatic hydroxyl groups excluding tert-OH is 1. The van der Waals surface area contributed by atoms with Gasteiger partial charge in [0.25, 0.3) is 0 Å². The Bertz CT molecular complexity index is 408. The third kappa shape index (κ3) is 1.39. The van der Waals surface area contributed by atoms with Gasteiger partial charge in [0.2, 0.25) is 0 Å². The zero-order valence-electron chi connectivity index (χ0n) is 10.2. The summed E-state index contributed by atoms with van der Waals surface area (Å²) in [5, 5.41) is 10.1. The maximum atomic E-state index is 12.0. The van der Waals surface area contributed by atoms with E-state index >= 15 is 0 Å². The number of fused-ring (bicyclic) bond motifs is 9. The van der Waals surface area contributed by atoms with E-state index in [1.54, 1.807) is 0 Å². The fraction of sp³-hybridized carbons (Fsp3) is 0.786. The van der Waals surface area contributed by atoms with Crippen molar-refractivity contribution in [2.75, 3.05) is 13.2 Å². The van der Waals surface area contributed by atoms with Crippen LogP contribution in [0.25, 0.3) is 0 Å². The van der Waals surface area contributed by atoms with Crippen LogP contribution in [-0.2, 0) is 9.53 Å². The first-order valence-electron chi connectivity index (χ1n) is 6.91. The second-order valence-electron chi connectivity index (χ2n) is 6.00. The Morgan fingerprint density at radius 2 is 2.06 bits per heavy atom. The van der Waals surface area contributed by atoms with Gasteiger partial charge in [-0.3, -0.25) is 4.79 Å². The number of hydrogen-bond acceptors (Lipinski definition) is 4. The summed E-state index contributed by atoms with van der Waals surface area (Å²) in [6.07, 6.45) is 6.99. The average molecular weight is 266 g/mol. The van der Waals surface area contributed by atoms with E-state index in [0.717, 1.165) is 29.4 Å². The lowest BCUT2D eigenvalue weighted by Crippen LogP contribution is -2.37. The van der Waals surface area contributed by atoms with Crippen molar-refractivity contribution >= 4 is 17.7 Å². The summed E-state index contributed by atoms with van der Waals surface area (Å²) in [6, 6.07) is 0. The van der Waals surface area contributed by atoms with Crippen molar-refractivity contribution in [1.29, 1.82) is 0 Å². The highest BCUT2D eigenvalue weighted by atomic mass is 32.2. The fourth-order valence-electron chi connectivity index (χ4n) is 4.85. The van der Waals surface area contributed by atoms with Gasteiger partial charge < -0.3 is 9.84 Å². The molecule has 0 amide bonds. The van der Waals surface area contributed by atoms with Crippen LogP contribution in [0.3, 0.4) is 0 Å². The summed E-state index contributed by atoms with van der Waals surface area (Å²) in [7, 11) is 0. The molecule has 4 aliphatic rings.